The number of rotatable bonds is 7. The molecule has 2 aromatic heterocycles. The summed E-state index contributed by atoms with van der Waals surface area (Å²) in [6.45, 7) is 0. The van der Waals surface area contributed by atoms with Crippen LogP contribution in [0.1, 0.15) is 0 Å². The van der Waals surface area contributed by atoms with Crippen LogP contribution in [0, 0.1) is 0 Å². The van der Waals surface area contributed by atoms with E-state index < -0.39 is 0 Å². The van der Waals surface area contributed by atoms with Crippen LogP contribution >= 0.6 is 0 Å². The Hall–Kier alpha value is -7.30. The maximum atomic E-state index is 6.84. The van der Waals surface area contributed by atoms with Gasteiger partial charge in [0.1, 0.15) is 5.58 Å². The molecule has 8 aromatic carbocycles. The molecule has 0 saturated carbocycles. The number of aromatic nitrogens is 2. The van der Waals surface area contributed by atoms with Gasteiger partial charge in [0.25, 0.3) is 0 Å². The Bertz CT molecular complexity index is 2920. The molecule has 0 aliphatic heterocycles. The SMILES string of the molecule is c1ccc(-c2ccc(N(c3ccccc3)c3cccc4c3oc3cc(-c5nc(-c6ccccc6)cc(-c6ccc7ccccc7c6)n5)ccc34)cc2)cc1. The summed E-state index contributed by atoms with van der Waals surface area (Å²) in [6.07, 6.45) is 0. The summed E-state index contributed by atoms with van der Waals surface area (Å²) in [5.41, 5.74) is 11.7. The van der Waals surface area contributed by atoms with E-state index in [1.165, 1.54) is 21.9 Å². The Balaban J connectivity index is 1.10. The molecule has 54 heavy (non-hydrogen) atoms. The first-order valence-corrected chi connectivity index (χ1v) is 18.2. The van der Waals surface area contributed by atoms with Gasteiger partial charge in [0.05, 0.1) is 17.1 Å². The van der Waals surface area contributed by atoms with Crippen molar-refractivity contribution in [3.8, 4) is 45.0 Å². The molecule has 10 rings (SSSR count). The minimum absolute atomic E-state index is 0.645. The molecule has 10 aromatic rings. The highest BCUT2D eigenvalue weighted by Gasteiger charge is 2.20. The minimum atomic E-state index is 0.645. The molecule has 0 N–H and O–H groups in total. The number of benzene rings is 8. The Labute approximate surface area is 313 Å². The zero-order valence-electron chi connectivity index (χ0n) is 29.3. The van der Waals surface area contributed by atoms with Gasteiger partial charge in [-0.05, 0) is 76.5 Å². The second kappa shape index (κ2) is 13.4. The van der Waals surface area contributed by atoms with E-state index in [1.54, 1.807) is 0 Å². The number of para-hydroxylation sites is 2. The maximum absolute atomic E-state index is 6.84. The molecule has 0 saturated heterocycles. The molecule has 4 nitrogen and oxygen atoms in total. The molecule has 0 aliphatic carbocycles. The predicted molar refractivity (Wildman–Crippen MR) is 223 cm³/mol. The first-order valence-electron chi connectivity index (χ1n) is 18.2. The largest absolute Gasteiger partial charge is 0.454 e. The first-order chi connectivity index (χ1) is 26.7. The van der Waals surface area contributed by atoms with Crippen LogP contribution in [0.4, 0.5) is 17.1 Å². The van der Waals surface area contributed by atoms with E-state index >= 15 is 0 Å². The van der Waals surface area contributed by atoms with Crippen LogP contribution in [-0.2, 0) is 0 Å². The molecule has 0 spiro atoms. The lowest BCUT2D eigenvalue weighted by atomic mass is 10.0. The molecule has 2 heterocycles. The van der Waals surface area contributed by atoms with Crippen molar-refractivity contribution in [2.75, 3.05) is 4.90 Å². The van der Waals surface area contributed by atoms with E-state index in [-0.39, 0.29) is 0 Å². The number of anilines is 3. The van der Waals surface area contributed by atoms with Crippen molar-refractivity contribution in [1.82, 2.24) is 9.97 Å². The molecule has 254 valence electrons. The van der Waals surface area contributed by atoms with Gasteiger partial charge in [0.2, 0.25) is 0 Å². The van der Waals surface area contributed by atoms with Gasteiger partial charge >= 0.3 is 0 Å². The fourth-order valence-corrected chi connectivity index (χ4v) is 7.37. The van der Waals surface area contributed by atoms with Crippen LogP contribution in [0.15, 0.2) is 205 Å². The molecule has 0 bridgehead atoms. The van der Waals surface area contributed by atoms with E-state index in [0.29, 0.717) is 5.82 Å². The molecular formula is C50H33N3O. The van der Waals surface area contributed by atoms with E-state index in [9.17, 15) is 0 Å². The second-order valence-corrected chi connectivity index (χ2v) is 13.4. The van der Waals surface area contributed by atoms with Gasteiger partial charge in [-0.1, -0.05) is 146 Å². The van der Waals surface area contributed by atoms with Gasteiger partial charge in [-0.3, -0.25) is 0 Å². The fourth-order valence-electron chi connectivity index (χ4n) is 7.37. The third-order valence-electron chi connectivity index (χ3n) is 10.1. The monoisotopic (exact) mass is 691 g/mol. The summed E-state index contributed by atoms with van der Waals surface area (Å²) in [5, 5.41) is 4.46. The lowest BCUT2D eigenvalue weighted by molar-refractivity contribution is 0.669. The summed E-state index contributed by atoms with van der Waals surface area (Å²) in [6, 6.07) is 69.6. The van der Waals surface area contributed by atoms with Crippen molar-refractivity contribution in [1.29, 1.82) is 0 Å². The standard InChI is InChI=1S/C50H33N3O/c1-4-13-34(14-5-1)36-25-28-42(29-26-36)53(41-19-8-3-9-20-41)47-22-12-21-44-43-30-27-40(32-48(43)54-49(44)47)50-51-45(37-16-6-2-7-17-37)33-46(52-50)39-24-23-35-15-10-11-18-38(35)31-39/h1-33H. The zero-order valence-corrected chi connectivity index (χ0v) is 29.3. The average Bonchev–Trinajstić information content (AvgIpc) is 3.63. The van der Waals surface area contributed by atoms with Crippen molar-refractivity contribution in [3.05, 3.63) is 200 Å². The predicted octanol–water partition coefficient (Wildman–Crippen LogP) is 13.7. The average molecular weight is 692 g/mol. The van der Waals surface area contributed by atoms with E-state index in [0.717, 1.165) is 67.1 Å². The molecule has 0 unspecified atom stereocenters. The summed E-state index contributed by atoms with van der Waals surface area (Å²) in [5.74, 6) is 0.645. The van der Waals surface area contributed by atoms with Crippen LogP contribution in [0.5, 0.6) is 0 Å². The quantitative estimate of drug-likeness (QED) is 0.167. The third-order valence-corrected chi connectivity index (χ3v) is 10.1. The molecule has 0 atom stereocenters. The normalized spacial score (nSPS) is 11.3. The van der Waals surface area contributed by atoms with Gasteiger partial charge in [-0.2, -0.15) is 0 Å². The Morgan fingerprint density at radius 1 is 0.370 bits per heavy atom. The van der Waals surface area contributed by atoms with Gasteiger partial charge in [0.15, 0.2) is 11.4 Å². The number of fused-ring (bicyclic) bond motifs is 4. The van der Waals surface area contributed by atoms with E-state index in [2.05, 4.69) is 175 Å². The molecule has 0 radical (unpaired) electrons. The van der Waals surface area contributed by atoms with Crippen molar-refractivity contribution in [2.45, 2.75) is 0 Å². The topological polar surface area (TPSA) is 42.2 Å². The summed E-state index contributed by atoms with van der Waals surface area (Å²) >= 11 is 0. The van der Waals surface area contributed by atoms with Crippen LogP contribution in [0.3, 0.4) is 0 Å². The summed E-state index contributed by atoms with van der Waals surface area (Å²) in [7, 11) is 0. The van der Waals surface area contributed by atoms with E-state index in [1.807, 2.05) is 30.3 Å². The first kappa shape index (κ1) is 31.4. The van der Waals surface area contributed by atoms with Crippen LogP contribution in [0.2, 0.25) is 0 Å². The minimum Gasteiger partial charge on any atom is -0.454 e. The van der Waals surface area contributed by atoms with Crippen molar-refractivity contribution < 1.29 is 4.42 Å². The lowest BCUT2D eigenvalue weighted by Gasteiger charge is -2.25. The molecule has 0 fully saturated rings. The molecule has 4 heteroatoms. The maximum Gasteiger partial charge on any atom is 0.160 e. The highest BCUT2D eigenvalue weighted by Crippen LogP contribution is 2.43. The second-order valence-electron chi connectivity index (χ2n) is 13.4. The molecule has 0 aliphatic rings. The third kappa shape index (κ3) is 5.76. The lowest BCUT2D eigenvalue weighted by Crippen LogP contribution is -2.10. The summed E-state index contributed by atoms with van der Waals surface area (Å²) < 4.78 is 6.84. The zero-order chi connectivity index (χ0) is 35.8. The fraction of sp³-hybridized carbons (Fsp3) is 0. The molecular weight excluding hydrogens is 659 g/mol. The van der Waals surface area contributed by atoms with Gasteiger partial charge < -0.3 is 9.32 Å². The highest BCUT2D eigenvalue weighted by molar-refractivity contribution is 6.11. The Morgan fingerprint density at radius 2 is 0.963 bits per heavy atom. The summed E-state index contributed by atoms with van der Waals surface area (Å²) in [4.78, 5) is 12.5. The van der Waals surface area contributed by atoms with Gasteiger partial charge in [-0.25, -0.2) is 9.97 Å². The van der Waals surface area contributed by atoms with Crippen LogP contribution in [-0.4, -0.2) is 9.97 Å². The van der Waals surface area contributed by atoms with Crippen LogP contribution in [0.25, 0.3) is 77.7 Å². The Morgan fingerprint density at radius 3 is 1.72 bits per heavy atom. The van der Waals surface area contributed by atoms with Gasteiger partial charge in [-0.15, -0.1) is 0 Å². The number of furan rings is 1. The smallest absolute Gasteiger partial charge is 0.160 e. The number of nitrogens with zero attached hydrogens (tertiary/aromatic N) is 3. The van der Waals surface area contributed by atoms with Crippen molar-refractivity contribution in [2.24, 2.45) is 0 Å². The molecule has 0 amide bonds. The highest BCUT2D eigenvalue weighted by atomic mass is 16.3. The van der Waals surface area contributed by atoms with Crippen molar-refractivity contribution >= 4 is 49.8 Å². The van der Waals surface area contributed by atoms with Crippen LogP contribution < -0.4 is 4.90 Å². The number of hydrogen-bond acceptors (Lipinski definition) is 4. The van der Waals surface area contributed by atoms with Gasteiger partial charge in [0, 0.05) is 38.8 Å². The van der Waals surface area contributed by atoms with E-state index in [4.69, 9.17) is 14.4 Å². The Kier molecular flexibility index (Phi) is 7.77. The number of hydrogen-bond donors (Lipinski definition) is 0. The van der Waals surface area contributed by atoms with Crippen molar-refractivity contribution in [3.63, 3.8) is 0 Å².